The van der Waals surface area contributed by atoms with Crippen LogP contribution >= 0.6 is 0 Å². The largest absolute Gasteiger partial charge is 0.479 e. The van der Waals surface area contributed by atoms with Crippen LogP contribution in [0.25, 0.3) is 0 Å². The van der Waals surface area contributed by atoms with Gasteiger partial charge in [0.2, 0.25) is 40.9 Å². The molecule has 4 atom stereocenters. The molecule has 1 aliphatic carbocycles. The van der Waals surface area contributed by atoms with Crippen LogP contribution in [0.2, 0.25) is 0 Å². The number of nitrogens with one attached hydrogen (secondary N) is 2. The maximum absolute atomic E-state index is 14.1. The molecule has 3 amide bonds. The van der Waals surface area contributed by atoms with Crippen molar-refractivity contribution < 1.29 is 51.0 Å². The van der Waals surface area contributed by atoms with Crippen molar-refractivity contribution in [3.8, 4) is 5.75 Å². The lowest BCUT2D eigenvalue weighted by Gasteiger charge is -2.30. The van der Waals surface area contributed by atoms with Gasteiger partial charge in [-0.3, -0.25) is 19.2 Å². The number of rotatable bonds is 11. The second-order valence-electron chi connectivity index (χ2n) is 11.9. The number of Topliss-reactive ketones (excluding diaryl/α,β-unsaturated/α-hetero) is 1. The topological polar surface area (TPSA) is 125 Å². The molecule has 232 valence electrons. The Balaban J connectivity index is 1.53. The molecule has 0 bridgehead atoms. The molecular formula is C28H34F5N3O6. The van der Waals surface area contributed by atoms with Crippen molar-refractivity contribution in [1.29, 1.82) is 0 Å². The number of carbonyl (C=O) groups excluding carboxylic acids is 4. The van der Waals surface area contributed by atoms with E-state index >= 15 is 0 Å². The van der Waals surface area contributed by atoms with Gasteiger partial charge >= 0.3 is 0 Å². The highest BCUT2D eigenvalue weighted by molar-refractivity contribution is 5.95. The Kier molecular flexibility index (Phi) is 9.43. The zero-order valence-electron chi connectivity index (χ0n) is 23.3. The molecule has 1 saturated carbocycles. The summed E-state index contributed by atoms with van der Waals surface area (Å²) in [5.74, 6) is -16.5. The summed E-state index contributed by atoms with van der Waals surface area (Å²) in [5.41, 5.74) is -0.271. The minimum absolute atomic E-state index is 0.00934. The van der Waals surface area contributed by atoms with Gasteiger partial charge in [-0.25, -0.2) is 13.2 Å². The van der Waals surface area contributed by atoms with Crippen molar-refractivity contribution in [2.75, 3.05) is 19.7 Å². The Morgan fingerprint density at radius 2 is 1.69 bits per heavy atom. The first-order valence-corrected chi connectivity index (χ1v) is 14.0. The van der Waals surface area contributed by atoms with Crippen LogP contribution in [0.1, 0.15) is 58.8 Å². The van der Waals surface area contributed by atoms with Crippen LogP contribution in [0.5, 0.6) is 5.75 Å². The second-order valence-corrected chi connectivity index (χ2v) is 11.9. The van der Waals surface area contributed by atoms with E-state index in [0.717, 1.165) is 12.8 Å². The van der Waals surface area contributed by atoms with Crippen LogP contribution in [0, 0.1) is 46.3 Å². The van der Waals surface area contributed by atoms with Crippen molar-refractivity contribution >= 4 is 23.5 Å². The Labute approximate surface area is 239 Å². The molecule has 3 fully saturated rings. The zero-order valence-corrected chi connectivity index (χ0v) is 23.3. The number of amides is 3. The maximum Gasteiger partial charge on any atom is 0.252 e. The van der Waals surface area contributed by atoms with Gasteiger partial charge in [0.1, 0.15) is 18.8 Å². The fourth-order valence-corrected chi connectivity index (χ4v) is 5.64. The number of aliphatic hydroxyl groups excluding tert-OH is 1. The minimum atomic E-state index is -2.39. The summed E-state index contributed by atoms with van der Waals surface area (Å²) in [4.78, 5) is 53.5. The average Bonchev–Trinajstić information content (AvgIpc) is 3.59. The summed E-state index contributed by atoms with van der Waals surface area (Å²) in [6.45, 7) is 3.16. The molecule has 9 nitrogen and oxygen atoms in total. The number of halogens is 5. The van der Waals surface area contributed by atoms with Crippen LogP contribution in [0.15, 0.2) is 0 Å². The molecule has 42 heavy (non-hydrogen) atoms. The fraction of sp³-hybridized carbons (Fsp3) is 0.643. The van der Waals surface area contributed by atoms with E-state index in [2.05, 4.69) is 10.6 Å². The van der Waals surface area contributed by atoms with Crippen LogP contribution in [-0.2, 0) is 19.2 Å². The van der Waals surface area contributed by atoms with Crippen LogP contribution < -0.4 is 15.4 Å². The van der Waals surface area contributed by atoms with E-state index in [1.807, 2.05) is 13.8 Å². The number of piperidine rings is 1. The van der Waals surface area contributed by atoms with Crippen molar-refractivity contribution in [3.05, 3.63) is 29.1 Å². The quantitative estimate of drug-likeness (QED) is 0.203. The molecule has 1 spiro atoms. The number of ether oxygens (including phenoxy) is 1. The molecule has 0 radical (unpaired) electrons. The number of carbonyl (C=O) groups is 4. The number of nitrogens with zero attached hydrogens (tertiary/aromatic N) is 1. The predicted octanol–water partition coefficient (Wildman–Crippen LogP) is 2.52. The van der Waals surface area contributed by atoms with E-state index in [4.69, 9.17) is 4.74 Å². The third-order valence-corrected chi connectivity index (χ3v) is 8.18. The number of ketones is 1. The van der Waals surface area contributed by atoms with Crippen molar-refractivity contribution in [3.63, 3.8) is 0 Å². The lowest BCUT2D eigenvalue weighted by molar-refractivity contribution is -0.146. The standard InChI is InChI=1S/C28H34F5N3O6/c1-13(2)8-17(37)27(41)36-12-28(5-6-28)10-16(36)26(40)35-15(9-14-4-3-7-34-25(14)39)18(38)11-42-24-22(32)20(30)19(29)21(31)23(24)33/h13-17,37H,3-12H2,1-2H3,(H,34,39)(H,35,40)/t14-,15?,16-,17?/m0/s1. The maximum atomic E-state index is 14.1. The molecule has 3 N–H and O–H groups in total. The van der Waals surface area contributed by atoms with E-state index in [9.17, 15) is 46.2 Å². The van der Waals surface area contributed by atoms with Crippen LogP contribution in [-0.4, -0.2) is 71.4 Å². The molecular weight excluding hydrogens is 569 g/mol. The first kappa shape index (κ1) is 31.6. The third kappa shape index (κ3) is 6.68. The Hall–Kier alpha value is -3.29. The summed E-state index contributed by atoms with van der Waals surface area (Å²) in [7, 11) is 0. The Bertz CT molecular complexity index is 1230. The number of aliphatic hydroxyl groups is 1. The van der Waals surface area contributed by atoms with Gasteiger partial charge in [0.15, 0.2) is 11.5 Å². The summed E-state index contributed by atoms with van der Waals surface area (Å²) in [5, 5.41) is 15.6. The van der Waals surface area contributed by atoms with Gasteiger partial charge < -0.3 is 25.4 Å². The second kappa shape index (κ2) is 12.5. The molecule has 2 saturated heterocycles. The van der Waals surface area contributed by atoms with E-state index in [1.54, 1.807) is 0 Å². The average molecular weight is 604 g/mol. The summed E-state index contributed by atoms with van der Waals surface area (Å²) in [6.07, 6.45) is 1.46. The summed E-state index contributed by atoms with van der Waals surface area (Å²) in [6, 6.07) is -2.46. The van der Waals surface area contributed by atoms with Crippen molar-refractivity contribution in [2.24, 2.45) is 17.3 Å². The highest BCUT2D eigenvalue weighted by atomic mass is 19.2. The molecule has 2 heterocycles. The third-order valence-electron chi connectivity index (χ3n) is 8.18. The monoisotopic (exact) mass is 603 g/mol. The molecule has 3 aliphatic rings. The normalized spacial score (nSPS) is 22.6. The van der Waals surface area contributed by atoms with Gasteiger partial charge in [-0.2, -0.15) is 8.78 Å². The molecule has 0 aromatic heterocycles. The molecule has 2 aliphatic heterocycles. The van der Waals surface area contributed by atoms with E-state index in [1.165, 1.54) is 4.90 Å². The molecule has 1 aromatic carbocycles. The SMILES string of the molecule is CC(C)CC(O)C(=O)N1CC2(CC2)C[C@H]1C(=O)NC(C[C@@H]1CCCNC1=O)C(=O)COc1c(F)c(F)c(F)c(F)c1F. The highest BCUT2D eigenvalue weighted by Crippen LogP contribution is 2.55. The molecule has 14 heteroatoms. The first-order chi connectivity index (χ1) is 19.7. The minimum Gasteiger partial charge on any atom is -0.479 e. The van der Waals surface area contributed by atoms with Gasteiger partial charge in [0.05, 0.1) is 6.04 Å². The van der Waals surface area contributed by atoms with E-state index < -0.39 is 83.1 Å². The van der Waals surface area contributed by atoms with Crippen molar-refractivity contribution in [2.45, 2.75) is 77.0 Å². The smallest absolute Gasteiger partial charge is 0.252 e. The van der Waals surface area contributed by atoms with Gasteiger partial charge in [-0.1, -0.05) is 13.8 Å². The summed E-state index contributed by atoms with van der Waals surface area (Å²) >= 11 is 0. The van der Waals surface area contributed by atoms with E-state index in [-0.39, 0.29) is 36.6 Å². The lowest BCUT2D eigenvalue weighted by Crippen LogP contribution is -2.54. The predicted molar refractivity (Wildman–Crippen MR) is 136 cm³/mol. The zero-order chi connectivity index (χ0) is 30.9. The summed E-state index contributed by atoms with van der Waals surface area (Å²) < 4.78 is 73.5. The fourth-order valence-electron chi connectivity index (χ4n) is 5.64. The first-order valence-electron chi connectivity index (χ1n) is 14.0. The number of benzene rings is 1. The van der Waals surface area contributed by atoms with Crippen molar-refractivity contribution in [1.82, 2.24) is 15.5 Å². The number of likely N-dealkylation sites (tertiary alicyclic amines) is 1. The van der Waals surface area contributed by atoms with Gasteiger partial charge in [0, 0.05) is 19.0 Å². The van der Waals surface area contributed by atoms with Gasteiger partial charge in [0.25, 0.3) is 5.91 Å². The number of hydrogen-bond donors (Lipinski definition) is 3. The lowest BCUT2D eigenvalue weighted by atomic mass is 9.90. The number of hydrogen-bond acceptors (Lipinski definition) is 6. The van der Waals surface area contributed by atoms with Gasteiger partial charge in [-0.05, 0) is 56.3 Å². The molecule has 2 unspecified atom stereocenters. The van der Waals surface area contributed by atoms with Crippen LogP contribution in [0.3, 0.4) is 0 Å². The highest BCUT2D eigenvalue weighted by Gasteiger charge is 2.56. The van der Waals surface area contributed by atoms with E-state index in [0.29, 0.717) is 25.8 Å². The molecule has 1 aromatic rings. The van der Waals surface area contributed by atoms with Crippen LogP contribution in [0.4, 0.5) is 22.0 Å². The van der Waals surface area contributed by atoms with Gasteiger partial charge in [-0.15, -0.1) is 0 Å². The molecule has 4 rings (SSSR count). The Morgan fingerprint density at radius 3 is 2.26 bits per heavy atom. The Morgan fingerprint density at radius 1 is 1.07 bits per heavy atom.